The van der Waals surface area contributed by atoms with E-state index in [2.05, 4.69) is 10.3 Å². The first-order valence-electron chi connectivity index (χ1n) is 7.64. The number of anilines is 2. The largest absolute Gasteiger partial charge is 0.464 e. The Labute approximate surface area is 140 Å². The van der Waals surface area contributed by atoms with Crippen molar-refractivity contribution in [1.29, 1.82) is 0 Å². The number of hydrogen-bond donors (Lipinski definition) is 1. The Balaban J connectivity index is 1.94. The quantitative estimate of drug-likeness (QED) is 0.861. The molecule has 0 fully saturated rings. The van der Waals surface area contributed by atoms with Crippen molar-refractivity contribution >= 4 is 23.3 Å². The zero-order valence-corrected chi connectivity index (χ0v) is 14.1. The minimum atomic E-state index is -1.65. The number of benzene rings is 1. The number of nitrogens with zero attached hydrogens (tertiary/aromatic N) is 2. The summed E-state index contributed by atoms with van der Waals surface area (Å²) in [5.74, 6) is -0.170. The molecule has 0 radical (unpaired) electrons. The molecule has 1 N–H and O–H groups in total. The van der Waals surface area contributed by atoms with Crippen LogP contribution in [-0.4, -0.2) is 29.4 Å². The summed E-state index contributed by atoms with van der Waals surface area (Å²) in [7, 11) is 1.58. The van der Waals surface area contributed by atoms with Crippen molar-refractivity contribution in [3.05, 3.63) is 47.7 Å². The SMILES string of the molecule is Cc1ccc(C)c(NC(=O)[C@@]2(C)Oc3cccnc3N(C)C2=O)c1. The van der Waals surface area contributed by atoms with E-state index in [1.54, 1.807) is 25.4 Å². The van der Waals surface area contributed by atoms with Gasteiger partial charge in [-0.1, -0.05) is 12.1 Å². The van der Waals surface area contributed by atoms with Crippen molar-refractivity contribution in [1.82, 2.24) is 4.98 Å². The molecule has 3 rings (SSSR count). The Morgan fingerprint density at radius 1 is 1.29 bits per heavy atom. The summed E-state index contributed by atoms with van der Waals surface area (Å²) in [6, 6.07) is 9.14. The molecule has 0 saturated heterocycles. The molecule has 0 saturated carbocycles. The molecule has 2 aromatic rings. The number of aryl methyl sites for hydroxylation is 2. The van der Waals surface area contributed by atoms with E-state index in [4.69, 9.17) is 4.74 Å². The number of carbonyl (C=O) groups excluding carboxylic acids is 2. The summed E-state index contributed by atoms with van der Waals surface area (Å²) < 4.78 is 5.74. The smallest absolute Gasteiger partial charge is 0.281 e. The van der Waals surface area contributed by atoms with Gasteiger partial charge < -0.3 is 10.1 Å². The maximum atomic E-state index is 12.8. The van der Waals surface area contributed by atoms with Crippen molar-refractivity contribution in [2.75, 3.05) is 17.3 Å². The van der Waals surface area contributed by atoms with Crippen LogP contribution in [0.4, 0.5) is 11.5 Å². The monoisotopic (exact) mass is 325 g/mol. The number of nitrogens with one attached hydrogen (secondary N) is 1. The van der Waals surface area contributed by atoms with Crippen LogP contribution in [0.2, 0.25) is 0 Å². The predicted octanol–water partition coefficient (Wildman–Crippen LogP) is 2.45. The van der Waals surface area contributed by atoms with Gasteiger partial charge in [0.1, 0.15) is 0 Å². The third-order valence-corrected chi connectivity index (χ3v) is 4.17. The van der Waals surface area contributed by atoms with Gasteiger partial charge in [0.05, 0.1) is 0 Å². The molecule has 2 amide bonds. The molecule has 0 spiro atoms. The summed E-state index contributed by atoms with van der Waals surface area (Å²) in [6.45, 7) is 5.31. The van der Waals surface area contributed by atoms with Gasteiger partial charge in [-0.25, -0.2) is 4.98 Å². The number of carbonyl (C=O) groups is 2. The van der Waals surface area contributed by atoms with Gasteiger partial charge in [-0.15, -0.1) is 0 Å². The highest BCUT2D eigenvalue weighted by Crippen LogP contribution is 2.35. The molecule has 1 atom stereocenters. The fourth-order valence-electron chi connectivity index (χ4n) is 2.65. The number of rotatable bonds is 2. The Hall–Kier alpha value is -2.89. The molecule has 0 unspecified atom stereocenters. The molecule has 1 aliphatic rings. The van der Waals surface area contributed by atoms with E-state index in [-0.39, 0.29) is 0 Å². The minimum absolute atomic E-state index is 0.401. The van der Waals surface area contributed by atoms with Gasteiger partial charge in [0.25, 0.3) is 17.4 Å². The third kappa shape index (κ3) is 2.50. The van der Waals surface area contributed by atoms with Gasteiger partial charge in [-0.05, 0) is 50.1 Å². The molecule has 124 valence electrons. The maximum absolute atomic E-state index is 12.8. The number of fused-ring (bicyclic) bond motifs is 1. The van der Waals surface area contributed by atoms with Gasteiger partial charge in [0, 0.05) is 18.9 Å². The topological polar surface area (TPSA) is 71.5 Å². The van der Waals surface area contributed by atoms with E-state index in [1.807, 2.05) is 32.0 Å². The second-order valence-electron chi connectivity index (χ2n) is 6.10. The van der Waals surface area contributed by atoms with Gasteiger partial charge in [-0.2, -0.15) is 0 Å². The average molecular weight is 325 g/mol. The number of hydrogen-bond acceptors (Lipinski definition) is 4. The van der Waals surface area contributed by atoms with Crippen molar-refractivity contribution in [2.24, 2.45) is 0 Å². The lowest BCUT2D eigenvalue weighted by Gasteiger charge is -2.37. The molecule has 1 aromatic carbocycles. The van der Waals surface area contributed by atoms with Gasteiger partial charge in [-0.3, -0.25) is 14.5 Å². The fraction of sp³-hybridized carbons (Fsp3) is 0.278. The number of aromatic nitrogens is 1. The van der Waals surface area contributed by atoms with Crippen LogP contribution in [-0.2, 0) is 9.59 Å². The third-order valence-electron chi connectivity index (χ3n) is 4.17. The molecule has 2 heterocycles. The number of amides is 2. The van der Waals surface area contributed by atoms with Gasteiger partial charge in [0.2, 0.25) is 0 Å². The highest BCUT2D eigenvalue weighted by molar-refractivity contribution is 6.19. The Bertz CT molecular complexity index is 834. The Morgan fingerprint density at radius 3 is 2.79 bits per heavy atom. The van der Waals surface area contributed by atoms with E-state index in [1.165, 1.54) is 11.8 Å². The Morgan fingerprint density at radius 2 is 2.04 bits per heavy atom. The van der Waals surface area contributed by atoms with Crippen molar-refractivity contribution in [3.8, 4) is 5.75 Å². The Kier molecular flexibility index (Phi) is 3.75. The van der Waals surface area contributed by atoms with E-state index < -0.39 is 17.4 Å². The first-order chi connectivity index (χ1) is 11.3. The second-order valence-corrected chi connectivity index (χ2v) is 6.10. The summed E-state index contributed by atoms with van der Waals surface area (Å²) >= 11 is 0. The molecular weight excluding hydrogens is 306 g/mol. The minimum Gasteiger partial charge on any atom is -0.464 e. The van der Waals surface area contributed by atoms with Crippen LogP contribution in [0.3, 0.4) is 0 Å². The zero-order chi connectivity index (χ0) is 17.5. The number of likely N-dealkylation sites (N-methyl/N-ethyl adjacent to an activating group) is 1. The van der Waals surface area contributed by atoms with E-state index in [9.17, 15) is 9.59 Å². The standard InChI is InChI=1S/C18H19N3O3/c1-11-7-8-12(2)13(10-11)20-16(22)18(3)17(23)21(4)15-14(24-18)6-5-9-19-15/h5-10H,1-4H3,(H,20,22)/t18-/m1/s1. The normalized spacial score (nSPS) is 19.5. The van der Waals surface area contributed by atoms with Crippen LogP contribution < -0.4 is 15.0 Å². The molecular formula is C18H19N3O3. The highest BCUT2D eigenvalue weighted by Gasteiger charge is 2.50. The van der Waals surface area contributed by atoms with E-state index in [0.29, 0.717) is 17.3 Å². The maximum Gasteiger partial charge on any atom is 0.281 e. The van der Waals surface area contributed by atoms with E-state index >= 15 is 0 Å². The summed E-state index contributed by atoms with van der Waals surface area (Å²) in [4.78, 5) is 31.0. The lowest BCUT2D eigenvalue weighted by Crippen LogP contribution is -2.60. The molecule has 6 heteroatoms. The lowest BCUT2D eigenvalue weighted by molar-refractivity contribution is -0.145. The summed E-state index contributed by atoms with van der Waals surface area (Å²) in [6.07, 6.45) is 1.57. The van der Waals surface area contributed by atoms with E-state index in [0.717, 1.165) is 11.1 Å². The summed E-state index contributed by atoms with van der Waals surface area (Å²) in [5.41, 5.74) is 0.943. The summed E-state index contributed by atoms with van der Waals surface area (Å²) in [5, 5.41) is 2.81. The van der Waals surface area contributed by atoms with Gasteiger partial charge >= 0.3 is 0 Å². The first kappa shape index (κ1) is 16.0. The van der Waals surface area contributed by atoms with Crippen LogP contribution in [0, 0.1) is 13.8 Å². The number of ether oxygens (including phenoxy) is 1. The molecule has 0 aliphatic carbocycles. The molecule has 1 aliphatic heterocycles. The zero-order valence-electron chi connectivity index (χ0n) is 14.1. The second kappa shape index (κ2) is 5.63. The highest BCUT2D eigenvalue weighted by atomic mass is 16.5. The van der Waals surface area contributed by atoms with Gasteiger partial charge in [0.15, 0.2) is 11.6 Å². The molecule has 24 heavy (non-hydrogen) atoms. The van der Waals surface area contributed by atoms with Crippen LogP contribution in [0.25, 0.3) is 0 Å². The lowest BCUT2D eigenvalue weighted by atomic mass is 10.0. The van der Waals surface area contributed by atoms with Crippen LogP contribution in [0.5, 0.6) is 5.75 Å². The van der Waals surface area contributed by atoms with Crippen molar-refractivity contribution < 1.29 is 14.3 Å². The molecule has 6 nitrogen and oxygen atoms in total. The van der Waals surface area contributed by atoms with Crippen LogP contribution in [0.1, 0.15) is 18.1 Å². The fourth-order valence-corrected chi connectivity index (χ4v) is 2.65. The van der Waals surface area contributed by atoms with Crippen molar-refractivity contribution in [2.45, 2.75) is 26.4 Å². The predicted molar refractivity (Wildman–Crippen MR) is 91.2 cm³/mol. The molecule has 1 aromatic heterocycles. The van der Waals surface area contributed by atoms with Crippen molar-refractivity contribution in [3.63, 3.8) is 0 Å². The van der Waals surface area contributed by atoms with Crippen LogP contribution >= 0.6 is 0 Å². The molecule has 0 bridgehead atoms. The number of pyridine rings is 1. The van der Waals surface area contributed by atoms with Crippen LogP contribution in [0.15, 0.2) is 36.5 Å². The average Bonchev–Trinajstić information content (AvgIpc) is 2.56. The first-order valence-corrected chi connectivity index (χ1v) is 7.64.